The van der Waals surface area contributed by atoms with Crippen LogP contribution in [-0.4, -0.2) is 34.0 Å². The van der Waals surface area contributed by atoms with Crippen molar-refractivity contribution in [2.75, 3.05) is 6.61 Å². The third-order valence-electron chi connectivity index (χ3n) is 3.05. The van der Waals surface area contributed by atoms with E-state index in [1.54, 1.807) is 24.3 Å². The lowest BCUT2D eigenvalue weighted by Gasteiger charge is -2.09. The average molecular weight is 489 g/mol. The molecule has 1 unspecified atom stereocenters. The number of amidine groups is 1. The van der Waals surface area contributed by atoms with E-state index < -0.39 is 12.8 Å². The molecule has 0 amide bonds. The van der Waals surface area contributed by atoms with E-state index in [4.69, 9.17) is 33.0 Å². The van der Waals surface area contributed by atoms with Crippen molar-refractivity contribution in [3.05, 3.63) is 82.1 Å². The summed E-state index contributed by atoms with van der Waals surface area (Å²) in [6, 6.07) is 7.17. The van der Waals surface area contributed by atoms with Gasteiger partial charge in [0.05, 0.1) is 12.4 Å². The number of hydrogen-bond donors (Lipinski definition) is 6. The van der Waals surface area contributed by atoms with E-state index in [1.165, 1.54) is 0 Å². The molecule has 0 fully saturated rings. The number of hydrogen-bond acceptors (Lipinski definition) is 5. The van der Waals surface area contributed by atoms with Crippen molar-refractivity contribution in [2.24, 2.45) is 5.73 Å². The highest BCUT2D eigenvalue weighted by Crippen LogP contribution is 2.16. The van der Waals surface area contributed by atoms with Gasteiger partial charge in [-0.2, -0.15) is 0 Å². The number of nitrogens with one attached hydrogen (secondary N) is 2. The first-order valence-corrected chi connectivity index (χ1v) is 10.0. The highest BCUT2D eigenvalue weighted by atomic mass is 79.9. The summed E-state index contributed by atoms with van der Waals surface area (Å²) in [5.41, 5.74) is 7.05. The van der Waals surface area contributed by atoms with E-state index in [2.05, 4.69) is 34.4 Å². The van der Waals surface area contributed by atoms with Crippen LogP contribution in [0.5, 0.6) is 0 Å². The van der Waals surface area contributed by atoms with Gasteiger partial charge in [-0.15, -0.1) is 0 Å². The lowest BCUT2D eigenvalue weighted by Crippen LogP contribution is -2.26. The summed E-state index contributed by atoms with van der Waals surface area (Å²) < 4.78 is 0.836. The molecule has 0 aromatic heterocycles. The molecule has 0 aliphatic rings. The first-order valence-electron chi connectivity index (χ1n) is 8.86. The number of nitrogens with two attached hydrogens (primary N) is 1. The number of rotatable bonds is 9. The van der Waals surface area contributed by atoms with Gasteiger partial charge in [0.25, 0.3) is 0 Å². The zero-order valence-electron chi connectivity index (χ0n) is 16.8. The summed E-state index contributed by atoms with van der Waals surface area (Å²) in [5.74, 6) is -0.144. The monoisotopic (exact) mass is 487 g/mol. The van der Waals surface area contributed by atoms with Gasteiger partial charge in [0.2, 0.25) is 0 Å². The van der Waals surface area contributed by atoms with E-state index in [0.717, 1.165) is 21.7 Å². The Kier molecular flexibility index (Phi) is 18.3. The standard InChI is InChI=1S/C11H14ClNO3.C8H11BrN2.C2H6/c12-9-3-1-8(2-4-9)6-13-11(16)5-10(15)7-14;1-3-6(5-8(10)11)7(9)4-2;1-2/h1-5,11,13-16H,6-7H2;3-4H,1-2,5H2,(H3,10,11);1-2H3/b10-5-;7-6-;. The third-order valence-corrected chi connectivity index (χ3v) is 4.14. The molecular formula is C21H31BrClN3O3. The molecule has 1 aromatic carbocycles. The summed E-state index contributed by atoms with van der Waals surface area (Å²) in [4.78, 5) is 0. The van der Waals surface area contributed by atoms with Crippen molar-refractivity contribution >= 4 is 33.4 Å². The van der Waals surface area contributed by atoms with Gasteiger partial charge < -0.3 is 21.1 Å². The lowest BCUT2D eigenvalue weighted by molar-refractivity contribution is 0.171. The molecule has 0 aliphatic carbocycles. The van der Waals surface area contributed by atoms with Crippen LogP contribution in [0.25, 0.3) is 0 Å². The first kappa shape index (κ1) is 29.3. The Morgan fingerprint density at radius 3 is 2.24 bits per heavy atom. The van der Waals surface area contributed by atoms with E-state index in [0.29, 0.717) is 18.0 Å². The molecule has 0 bridgehead atoms. The van der Waals surface area contributed by atoms with E-state index in [9.17, 15) is 5.11 Å². The SMILES string of the molecule is C=C/C(Br)=C(\C=C)CC(=N)N.CC.OC/C(O)=C/C(O)NCc1ccc(Cl)cc1. The Balaban J connectivity index is 0. The molecule has 0 saturated heterocycles. The second-order valence-corrected chi connectivity index (χ2v) is 6.54. The largest absolute Gasteiger partial charge is 0.510 e. The molecule has 162 valence electrons. The van der Waals surface area contributed by atoms with Crippen LogP contribution >= 0.6 is 27.5 Å². The number of allylic oxidation sites excluding steroid dienone is 3. The van der Waals surface area contributed by atoms with Gasteiger partial charge in [-0.25, -0.2) is 0 Å². The van der Waals surface area contributed by atoms with E-state index in [-0.39, 0.29) is 11.6 Å². The predicted octanol–water partition coefficient (Wildman–Crippen LogP) is 4.54. The van der Waals surface area contributed by atoms with Gasteiger partial charge in [-0.05, 0) is 29.3 Å². The van der Waals surface area contributed by atoms with Crippen molar-refractivity contribution in [1.82, 2.24) is 5.32 Å². The van der Waals surface area contributed by atoms with Crippen LogP contribution in [0, 0.1) is 5.41 Å². The van der Waals surface area contributed by atoms with Gasteiger partial charge in [-0.1, -0.05) is 78.8 Å². The van der Waals surface area contributed by atoms with Crippen LogP contribution in [0.2, 0.25) is 5.02 Å². The summed E-state index contributed by atoms with van der Waals surface area (Å²) in [6.07, 6.45) is 3.86. The van der Waals surface area contributed by atoms with Crippen LogP contribution in [0.15, 0.2) is 71.5 Å². The smallest absolute Gasteiger partial charge is 0.127 e. The van der Waals surface area contributed by atoms with Crippen LogP contribution in [0.1, 0.15) is 25.8 Å². The van der Waals surface area contributed by atoms with Crippen molar-refractivity contribution < 1.29 is 15.3 Å². The van der Waals surface area contributed by atoms with Crippen LogP contribution in [0.4, 0.5) is 0 Å². The maximum atomic E-state index is 9.38. The van der Waals surface area contributed by atoms with Crippen LogP contribution < -0.4 is 11.1 Å². The van der Waals surface area contributed by atoms with Crippen LogP contribution in [0.3, 0.4) is 0 Å². The van der Waals surface area contributed by atoms with Gasteiger partial charge in [0.1, 0.15) is 12.0 Å². The Labute approximate surface area is 186 Å². The number of benzene rings is 1. The molecule has 1 aromatic rings. The zero-order valence-corrected chi connectivity index (χ0v) is 19.2. The van der Waals surface area contributed by atoms with Crippen molar-refractivity contribution in [3.63, 3.8) is 0 Å². The second-order valence-electron chi connectivity index (χ2n) is 5.25. The van der Waals surface area contributed by atoms with E-state index >= 15 is 0 Å². The van der Waals surface area contributed by atoms with Gasteiger partial charge in [-0.3, -0.25) is 10.7 Å². The molecule has 29 heavy (non-hydrogen) atoms. The highest BCUT2D eigenvalue weighted by Gasteiger charge is 2.01. The van der Waals surface area contributed by atoms with E-state index in [1.807, 2.05) is 26.0 Å². The average Bonchev–Trinajstić information content (AvgIpc) is 2.72. The van der Waals surface area contributed by atoms with Crippen LogP contribution in [-0.2, 0) is 6.54 Å². The summed E-state index contributed by atoms with van der Waals surface area (Å²) in [6.45, 7) is 11.1. The highest BCUT2D eigenvalue weighted by molar-refractivity contribution is 9.11. The molecule has 6 nitrogen and oxygen atoms in total. The van der Waals surface area contributed by atoms with Crippen molar-refractivity contribution in [3.8, 4) is 0 Å². The predicted molar refractivity (Wildman–Crippen MR) is 126 cm³/mol. The topological polar surface area (TPSA) is 123 Å². The number of aliphatic hydroxyl groups excluding tert-OH is 3. The minimum absolute atomic E-state index is 0.124. The fourth-order valence-corrected chi connectivity index (χ4v) is 2.14. The van der Waals surface area contributed by atoms with Gasteiger partial charge in [0.15, 0.2) is 0 Å². The fraction of sp³-hybridized carbons (Fsp3) is 0.286. The Hall–Kier alpha value is -1.90. The molecule has 8 heteroatoms. The van der Waals surface area contributed by atoms with Crippen molar-refractivity contribution in [2.45, 2.75) is 33.0 Å². The molecule has 0 radical (unpaired) electrons. The Morgan fingerprint density at radius 1 is 1.28 bits per heavy atom. The van der Waals surface area contributed by atoms with Crippen molar-refractivity contribution in [1.29, 1.82) is 5.41 Å². The summed E-state index contributed by atoms with van der Waals surface area (Å²) in [7, 11) is 0. The number of aliphatic hydroxyl groups is 3. The Bertz CT molecular complexity index is 689. The normalized spacial score (nSPS) is 12.3. The maximum Gasteiger partial charge on any atom is 0.127 e. The molecule has 0 aliphatic heterocycles. The van der Waals surface area contributed by atoms with Gasteiger partial charge in [0, 0.05) is 22.5 Å². The minimum Gasteiger partial charge on any atom is -0.510 e. The zero-order chi connectivity index (χ0) is 22.8. The number of halogens is 2. The fourth-order valence-electron chi connectivity index (χ4n) is 1.71. The minimum atomic E-state index is -0.997. The lowest BCUT2D eigenvalue weighted by atomic mass is 10.1. The quantitative estimate of drug-likeness (QED) is 0.100. The Morgan fingerprint density at radius 2 is 1.83 bits per heavy atom. The molecule has 0 heterocycles. The molecule has 0 spiro atoms. The third kappa shape index (κ3) is 15.7. The summed E-state index contributed by atoms with van der Waals surface area (Å²) >= 11 is 8.99. The molecular weight excluding hydrogens is 458 g/mol. The van der Waals surface area contributed by atoms with Gasteiger partial charge >= 0.3 is 0 Å². The molecule has 0 saturated carbocycles. The summed E-state index contributed by atoms with van der Waals surface area (Å²) in [5, 5.41) is 37.3. The first-order chi connectivity index (χ1) is 13.7. The molecule has 1 rings (SSSR count). The second kappa shape index (κ2) is 18.1. The maximum absolute atomic E-state index is 9.38. The molecule has 1 atom stereocenters. The molecule has 7 N–H and O–H groups in total.